The SMILES string of the molecule is CC(C)c1ccc(OCC(=O)N2CCC(C(=O)c3ccc(O)cc3)CC2)cc1. The minimum Gasteiger partial charge on any atom is -0.508 e. The number of benzene rings is 2. The fraction of sp³-hybridized carbons (Fsp3) is 0.391. The Kier molecular flexibility index (Phi) is 6.34. The van der Waals surface area contributed by atoms with Gasteiger partial charge in [0, 0.05) is 24.6 Å². The van der Waals surface area contributed by atoms with Gasteiger partial charge in [0.2, 0.25) is 0 Å². The van der Waals surface area contributed by atoms with Gasteiger partial charge in [-0.25, -0.2) is 0 Å². The molecule has 1 fully saturated rings. The largest absolute Gasteiger partial charge is 0.508 e. The van der Waals surface area contributed by atoms with E-state index in [1.807, 2.05) is 24.3 Å². The van der Waals surface area contributed by atoms with Crippen molar-refractivity contribution in [1.82, 2.24) is 4.90 Å². The molecule has 2 aromatic carbocycles. The maximum Gasteiger partial charge on any atom is 0.260 e. The number of amides is 1. The molecule has 0 aliphatic carbocycles. The van der Waals surface area contributed by atoms with Gasteiger partial charge in [-0.05, 0) is 60.7 Å². The van der Waals surface area contributed by atoms with E-state index >= 15 is 0 Å². The summed E-state index contributed by atoms with van der Waals surface area (Å²) < 4.78 is 5.63. The first kappa shape index (κ1) is 19.9. The zero-order valence-electron chi connectivity index (χ0n) is 16.4. The Morgan fingerprint density at radius 1 is 1.04 bits per heavy atom. The van der Waals surface area contributed by atoms with E-state index in [-0.39, 0.29) is 30.0 Å². The van der Waals surface area contributed by atoms with E-state index in [4.69, 9.17) is 4.74 Å². The lowest BCUT2D eigenvalue weighted by Crippen LogP contribution is -2.42. The second-order valence-corrected chi connectivity index (χ2v) is 7.58. The third-order valence-corrected chi connectivity index (χ3v) is 5.28. The zero-order chi connectivity index (χ0) is 20.1. The number of Topliss-reactive ketones (excluding diaryl/α,β-unsaturated/α-hetero) is 1. The maximum absolute atomic E-state index is 12.6. The van der Waals surface area contributed by atoms with Crippen molar-refractivity contribution in [3.05, 3.63) is 59.7 Å². The summed E-state index contributed by atoms with van der Waals surface area (Å²) in [5.74, 6) is 1.24. The minimum atomic E-state index is -0.0851. The Morgan fingerprint density at radius 3 is 2.21 bits per heavy atom. The van der Waals surface area contributed by atoms with Crippen LogP contribution >= 0.6 is 0 Å². The first-order valence-electron chi connectivity index (χ1n) is 9.78. The molecule has 1 saturated heterocycles. The predicted octanol–water partition coefficient (Wildman–Crippen LogP) is 4.02. The number of aromatic hydroxyl groups is 1. The molecule has 148 valence electrons. The number of rotatable bonds is 6. The van der Waals surface area contributed by atoms with Crippen molar-refractivity contribution in [3.8, 4) is 11.5 Å². The standard InChI is InChI=1S/C23H27NO4/c1-16(2)17-5-9-21(10-6-17)28-15-22(26)24-13-11-19(12-14-24)23(27)18-3-7-20(25)8-4-18/h3-10,16,19,25H,11-15H2,1-2H3. The summed E-state index contributed by atoms with van der Waals surface area (Å²) in [7, 11) is 0. The van der Waals surface area contributed by atoms with E-state index in [1.54, 1.807) is 17.0 Å². The molecule has 5 heteroatoms. The number of hydrogen-bond donors (Lipinski definition) is 1. The molecule has 0 saturated carbocycles. The third-order valence-electron chi connectivity index (χ3n) is 5.28. The lowest BCUT2D eigenvalue weighted by Gasteiger charge is -2.31. The molecule has 28 heavy (non-hydrogen) atoms. The molecule has 1 heterocycles. The fourth-order valence-electron chi connectivity index (χ4n) is 3.44. The highest BCUT2D eigenvalue weighted by atomic mass is 16.5. The lowest BCUT2D eigenvalue weighted by atomic mass is 9.89. The first-order valence-corrected chi connectivity index (χ1v) is 9.78. The average Bonchev–Trinajstić information content (AvgIpc) is 2.72. The summed E-state index contributed by atoms with van der Waals surface area (Å²) in [4.78, 5) is 26.7. The van der Waals surface area contributed by atoms with Gasteiger partial charge in [-0.2, -0.15) is 0 Å². The summed E-state index contributed by atoms with van der Waals surface area (Å²) in [6.45, 7) is 5.40. The summed E-state index contributed by atoms with van der Waals surface area (Å²) in [5, 5.41) is 9.35. The molecule has 1 amide bonds. The number of nitrogens with zero attached hydrogens (tertiary/aromatic N) is 1. The number of phenolic OH excluding ortho intramolecular Hbond substituents is 1. The normalized spacial score (nSPS) is 14.9. The summed E-state index contributed by atoms with van der Waals surface area (Å²) in [6, 6.07) is 14.2. The summed E-state index contributed by atoms with van der Waals surface area (Å²) in [5.41, 5.74) is 1.84. The van der Waals surface area contributed by atoms with Crippen molar-refractivity contribution in [2.75, 3.05) is 19.7 Å². The summed E-state index contributed by atoms with van der Waals surface area (Å²) >= 11 is 0. The molecule has 0 unspecified atom stereocenters. The van der Waals surface area contributed by atoms with Crippen molar-refractivity contribution in [2.45, 2.75) is 32.6 Å². The molecule has 1 N–H and O–H groups in total. The van der Waals surface area contributed by atoms with E-state index in [0.29, 0.717) is 43.2 Å². The first-order chi connectivity index (χ1) is 13.4. The van der Waals surface area contributed by atoms with Gasteiger partial charge in [0.1, 0.15) is 11.5 Å². The number of carbonyl (C=O) groups is 2. The highest BCUT2D eigenvalue weighted by Gasteiger charge is 2.28. The molecule has 0 atom stereocenters. The van der Waals surface area contributed by atoms with Crippen LogP contribution in [0, 0.1) is 5.92 Å². The van der Waals surface area contributed by atoms with Gasteiger partial charge in [0.15, 0.2) is 12.4 Å². The van der Waals surface area contributed by atoms with Gasteiger partial charge in [-0.1, -0.05) is 26.0 Å². The van der Waals surface area contributed by atoms with Gasteiger partial charge < -0.3 is 14.7 Å². The van der Waals surface area contributed by atoms with Crippen LogP contribution in [0.3, 0.4) is 0 Å². The molecule has 0 aromatic heterocycles. The molecule has 0 radical (unpaired) electrons. The molecule has 1 aliphatic rings. The fourth-order valence-corrected chi connectivity index (χ4v) is 3.44. The van der Waals surface area contributed by atoms with Crippen LogP contribution < -0.4 is 4.74 Å². The number of ketones is 1. The van der Waals surface area contributed by atoms with Gasteiger partial charge in [0.05, 0.1) is 0 Å². The van der Waals surface area contributed by atoms with E-state index in [0.717, 1.165) is 0 Å². The topological polar surface area (TPSA) is 66.8 Å². The molecule has 0 bridgehead atoms. The number of phenols is 1. The molecular weight excluding hydrogens is 354 g/mol. The van der Waals surface area contributed by atoms with Crippen LogP contribution in [0.1, 0.15) is 48.5 Å². The Bertz CT molecular complexity index is 804. The van der Waals surface area contributed by atoms with Crippen molar-refractivity contribution in [2.24, 2.45) is 5.92 Å². The van der Waals surface area contributed by atoms with E-state index in [2.05, 4.69) is 13.8 Å². The van der Waals surface area contributed by atoms with Crippen LogP contribution in [0.5, 0.6) is 11.5 Å². The van der Waals surface area contributed by atoms with Crippen LogP contribution in [0.25, 0.3) is 0 Å². The maximum atomic E-state index is 12.6. The highest BCUT2D eigenvalue weighted by Crippen LogP contribution is 2.23. The molecule has 2 aromatic rings. The Hall–Kier alpha value is -2.82. The Balaban J connectivity index is 1.47. The zero-order valence-corrected chi connectivity index (χ0v) is 16.4. The molecule has 3 rings (SSSR count). The van der Waals surface area contributed by atoms with Gasteiger partial charge in [0.25, 0.3) is 5.91 Å². The van der Waals surface area contributed by atoms with Crippen molar-refractivity contribution >= 4 is 11.7 Å². The number of carbonyl (C=O) groups excluding carboxylic acids is 2. The number of hydrogen-bond acceptors (Lipinski definition) is 4. The third kappa shape index (κ3) is 4.91. The quantitative estimate of drug-likeness (QED) is 0.768. The molecular formula is C23H27NO4. The molecule has 5 nitrogen and oxygen atoms in total. The van der Waals surface area contributed by atoms with Crippen molar-refractivity contribution < 1.29 is 19.4 Å². The molecule has 0 spiro atoms. The van der Waals surface area contributed by atoms with E-state index in [1.165, 1.54) is 17.7 Å². The van der Waals surface area contributed by atoms with Gasteiger partial charge in [-0.3, -0.25) is 9.59 Å². The number of likely N-dealkylation sites (tertiary alicyclic amines) is 1. The monoisotopic (exact) mass is 381 g/mol. The van der Waals surface area contributed by atoms with Crippen molar-refractivity contribution in [3.63, 3.8) is 0 Å². The lowest BCUT2D eigenvalue weighted by molar-refractivity contribution is -0.134. The average molecular weight is 381 g/mol. The van der Waals surface area contributed by atoms with E-state index < -0.39 is 0 Å². The predicted molar refractivity (Wildman–Crippen MR) is 108 cm³/mol. The summed E-state index contributed by atoms with van der Waals surface area (Å²) in [6.07, 6.45) is 1.29. The van der Waals surface area contributed by atoms with Crippen LogP contribution in [0.4, 0.5) is 0 Å². The molecule has 1 aliphatic heterocycles. The Morgan fingerprint density at radius 2 is 1.64 bits per heavy atom. The van der Waals surface area contributed by atoms with Crippen LogP contribution in [-0.2, 0) is 4.79 Å². The second-order valence-electron chi connectivity index (χ2n) is 7.58. The number of piperidine rings is 1. The van der Waals surface area contributed by atoms with Gasteiger partial charge >= 0.3 is 0 Å². The van der Waals surface area contributed by atoms with Crippen LogP contribution in [0.2, 0.25) is 0 Å². The van der Waals surface area contributed by atoms with Crippen LogP contribution in [-0.4, -0.2) is 41.4 Å². The Labute approximate surface area is 165 Å². The number of ether oxygens (including phenoxy) is 1. The van der Waals surface area contributed by atoms with E-state index in [9.17, 15) is 14.7 Å². The van der Waals surface area contributed by atoms with Crippen molar-refractivity contribution in [1.29, 1.82) is 0 Å². The van der Waals surface area contributed by atoms with Crippen LogP contribution in [0.15, 0.2) is 48.5 Å². The van der Waals surface area contributed by atoms with Gasteiger partial charge in [-0.15, -0.1) is 0 Å². The second kappa shape index (κ2) is 8.91. The highest BCUT2D eigenvalue weighted by molar-refractivity contribution is 5.98. The smallest absolute Gasteiger partial charge is 0.260 e. The minimum absolute atomic E-state index is 0.0115.